The Morgan fingerprint density at radius 1 is 1.57 bits per heavy atom. The van der Waals surface area contributed by atoms with Crippen molar-refractivity contribution < 1.29 is 14.6 Å². The molecule has 0 aliphatic heterocycles. The van der Waals surface area contributed by atoms with Gasteiger partial charge >= 0.3 is 6.09 Å². The third kappa shape index (κ3) is 2.87. The maximum Gasteiger partial charge on any atom is 0.407 e. The standard InChI is InChI=1S/C10H19NO3/c1-9(2,3)14-8(12)11-7-5-6-10(7,4)13/h7,13H,5-6H2,1-4H3,(H,11,12)/t7-,10-/m1/s1. The van der Waals surface area contributed by atoms with Gasteiger partial charge in [-0.25, -0.2) is 4.79 Å². The van der Waals surface area contributed by atoms with Crippen LogP contribution in [-0.4, -0.2) is 28.4 Å². The third-order valence-corrected chi connectivity index (χ3v) is 2.38. The van der Waals surface area contributed by atoms with Crippen molar-refractivity contribution in [1.82, 2.24) is 5.32 Å². The molecule has 82 valence electrons. The number of hydrogen-bond acceptors (Lipinski definition) is 3. The summed E-state index contributed by atoms with van der Waals surface area (Å²) in [5.41, 5.74) is -1.25. The Morgan fingerprint density at radius 2 is 2.14 bits per heavy atom. The molecule has 0 aromatic heterocycles. The summed E-state index contributed by atoms with van der Waals surface area (Å²) in [6.07, 6.45) is 1.09. The van der Waals surface area contributed by atoms with Crippen LogP contribution in [0.15, 0.2) is 0 Å². The minimum Gasteiger partial charge on any atom is -0.444 e. The normalized spacial score (nSPS) is 31.9. The first-order valence-corrected chi connectivity index (χ1v) is 4.93. The van der Waals surface area contributed by atoms with Crippen molar-refractivity contribution >= 4 is 6.09 Å². The Morgan fingerprint density at radius 3 is 2.43 bits per heavy atom. The molecule has 4 heteroatoms. The molecule has 0 saturated heterocycles. The van der Waals surface area contributed by atoms with Crippen LogP contribution in [0.25, 0.3) is 0 Å². The lowest BCUT2D eigenvalue weighted by Crippen LogP contribution is -2.59. The van der Waals surface area contributed by atoms with Gasteiger partial charge in [-0.2, -0.15) is 0 Å². The summed E-state index contributed by atoms with van der Waals surface area (Å²) in [7, 11) is 0. The van der Waals surface area contributed by atoms with Crippen LogP contribution in [0.5, 0.6) is 0 Å². The Balaban J connectivity index is 2.35. The molecule has 0 spiro atoms. The number of hydrogen-bond donors (Lipinski definition) is 2. The number of rotatable bonds is 1. The van der Waals surface area contributed by atoms with Crippen LogP contribution in [0.2, 0.25) is 0 Å². The number of ether oxygens (including phenoxy) is 1. The Labute approximate surface area is 84.6 Å². The molecule has 0 heterocycles. The maximum absolute atomic E-state index is 11.3. The molecule has 0 aromatic rings. The molecule has 1 rings (SSSR count). The molecule has 2 N–H and O–H groups in total. The maximum atomic E-state index is 11.3. The van der Waals surface area contributed by atoms with Crippen molar-refractivity contribution in [2.45, 2.75) is 57.8 Å². The highest BCUT2D eigenvalue weighted by molar-refractivity contribution is 5.68. The van der Waals surface area contributed by atoms with E-state index in [-0.39, 0.29) is 6.04 Å². The number of alkyl carbamates (subject to hydrolysis) is 1. The van der Waals surface area contributed by atoms with E-state index in [9.17, 15) is 9.90 Å². The van der Waals surface area contributed by atoms with Crippen LogP contribution in [0.1, 0.15) is 40.5 Å². The van der Waals surface area contributed by atoms with E-state index in [1.54, 1.807) is 6.92 Å². The zero-order chi connectivity index (χ0) is 11.0. The molecule has 1 aliphatic rings. The van der Waals surface area contributed by atoms with E-state index >= 15 is 0 Å². The molecule has 4 nitrogen and oxygen atoms in total. The van der Waals surface area contributed by atoms with Gasteiger partial charge in [-0.1, -0.05) is 0 Å². The second kappa shape index (κ2) is 3.42. The van der Waals surface area contributed by atoms with Gasteiger partial charge in [0.15, 0.2) is 0 Å². The molecule has 1 amide bonds. The minimum atomic E-state index is -0.767. The zero-order valence-electron chi connectivity index (χ0n) is 9.26. The molecule has 0 unspecified atom stereocenters. The monoisotopic (exact) mass is 201 g/mol. The number of aliphatic hydroxyl groups is 1. The average molecular weight is 201 g/mol. The third-order valence-electron chi connectivity index (χ3n) is 2.38. The molecule has 1 aliphatic carbocycles. The van der Waals surface area contributed by atoms with Gasteiger partial charge in [-0.05, 0) is 40.5 Å². The molecule has 2 atom stereocenters. The quantitative estimate of drug-likeness (QED) is 0.674. The van der Waals surface area contributed by atoms with Crippen LogP contribution < -0.4 is 5.32 Å². The lowest BCUT2D eigenvalue weighted by atomic mass is 9.76. The molecule has 0 aromatic carbocycles. The molecular weight excluding hydrogens is 182 g/mol. The Bertz CT molecular complexity index is 230. The Kier molecular flexibility index (Phi) is 2.76. The molecular formula is C10H19NO3. The second-order valence-corrected chi connectivity index (χ2v) is 5.09. The number of amides is 1. The van der Waals surface area contributed by atoms with Crippen molar-refractivity contribution in [3.8, 4) is 0 Å². The van der Waals surface area contributed by atoms with Crippen LogP contribution in [0, 0.1) is 0 Å². The van der Waals surface area contributed by atoms with E-state index in [2.05, 4.69) is 5.32 Å². The summed E-state index contributed by atoms with van der Waals surface area (Å²) >= 11 is 0. The first kappa shape index (κ1) is 11.3. The van der Waals surface area contributed by atoms with Crippen LogP contribution in [0.3, 0.4) is 0 Å². The number of carbonyl (C=O) groups excluding carboxylic acids is 1. The fraction of sp³-hybridized carbons (Fsp3) is 0.900. The summed E-state index contributed by atoms with van der Waals surface area (Å²) in [6, 6.07) is -0.169. The fourth-order valence-corrected chi connectivity index (χ4v) is 1.38. The summed E-state index contributed by atoms with van der Waals surface area (Å²) in [5.74, 6) is 0. The topological polar surface area (TPSA) is 58.6 Å². The van der Waals surface area contributed by atoms with Gasteiger partial charge in [-0.15, -0.1) is 0 Å². The van der Waals surface area contributed by atoms with Crippen LogP contribution >= 0.6 is 0 Å². The average Bonchev–Trinajstić information content (AvgIpc) is 1.95. The SMILES string of the molecule is CC(C)(C)OC(=O)N[C@@H]1CC[C@@]1(C)O. The van der Waals surface area contributed by atoms with E-state index in [1.165, 1.54) is 0 Å². The van der Waals surface area contributed by atoms with Crippen molar-refractivity contribution in [2.75, 3.05) is 0 Å². The van der Waals surface area contributed by atoms with Gasteiger partial charge in [-0.3, -0.25) is 0 Å². The van der Waals surface area contributed by atoms with Gasteiger partial charge in [0.2, 0.25) is 0 Å². The van der Waals surface area contributed by atoms with E-state index in [0.717, 1.165) is 12.8 Å². The van der Waals surface area contributed by atoms with Crippen molar-refractivity contribution in [3.63, 3.8) is 0 Å². The smallest absolute Gasteiger partial charge is 0.407 e. The number of carbonyl (C=O) groups is 1. The first-order valence-electron chi connectivity index (χ1n) is 4.93. The van der Waals surface area contributed by atoms with E-state index in [0.29, 0.717) is 0 Å². The van der Waals surface area contributed by atoms with E-state index < -0.39 is 17.3 Å². The molecule has 14 heavy (non-hydrogen) atoms. The molecule has 0 bridgehead atoms. The predicted molar refractivity (Wildman–Crippen MR) is 53.0 cm³/mol. The van der Waals surface area contributed by atoms with Gasteiger partial charge in [0, 0.05) is 0 Å². The van der Waals surface area contributed by atoms with Gasteiger partial charge in [0.05, 0.1) is 11.6 Å². The summed E-state index contributed by atoms with van der Waals surface area (Å²) in [5, 5.41) is 12.3. The highest BCUT2D eigenvalue weighted by Crippen LogP contribution is 2.31. The lowest BCUT2D eigenvalue weighted by Gasteiger charge is -2.42. The Hall–Kier alpha value is -0.770. The minimum absolute atomic E-state index is 0.169. The van der Waals surface area contributed by atoms with E-state index in [1.807, 2.05) is 20.8 Å². The predicted octanol–water partition coefficient (Wildman–Crippen LogP) is 1.42. The summed E-state index contributed by atoms with van der Waals surface area (Å²) in [4.78, 5) is 11.3. The van der Waals surface area contributed by atoms with Gasteiger partial charge in [0.1, 0.15) is 5.60 Å². The lowest BCUT2D eigenvalue weighted by molar-refractivity contribution is -0.0544. The number of nitrogens with one attached hydrogen (secondary N) is 1. The molecule has 1 fully saturated rings. The van der Waals surface area contributed by atoms with Crippen LogP contribution in [-0.2, 0) is 4.74 Å². The van der Waals surface area contributed by atoms with Crippen molar-refractivity contribution in [3.05, 3.63) is 0 Å². The largest absolute Gasteiger partial charge is 0.444 e. The zero-order valence-corrected chi connectivity index (χ0v) is 9.26. The van der Waals surface area contributed by atoms with Gasteiger partial charge < -0.3 is 15.2 Å². The fourth-order valence-electron chi connectivity index (χ4n) is 1.38. The van der Waals surface area contributed by atoms with Crippen molar-refractivity contribution in [1.29, 1.82) is 0 Å². The highest BCUT2D eigenvalue weighted by atomic mass is 16.6. The summed E-state index contributed by atoms with van der Waals surface area (Å²) in [6.45, 7) is 7.15. The van der Waals surface area contributed by atoms with Crippen molar-refractivity contribution in [2.24, 2.45) is 0 Å². The molecule has 1 saturated carbocycles. The second-order valence-electron chi connectivity index (χ2n) is 5.09. The molecule has 0 radical (unpaired) electrons. The van der Waals surface area contributed by atoms with E-state index in [4.69, 9.17) is 4.74 Å². The van der Waals surface area contributed by atoms with Gasteiger partial charge in [0.25, 0.3) is 0 Å². The van der Waals surface area contributed by atoms with Crippen LogP contribution in [0.4, 0.5) is 4.79 Å². The highest BCUT2D eigenvalue weighted by Gasteiger charge is 2.42. The summed E-state index contributed by atoms with van der Waals surface area (Å²) < 4.78 is 5.08. The first-order chi connectivity index (χ1) is 6.21.